The maximum atomic E-state index is 11.0. The van der Waals surface area contributed by atoms with Crippen LogP contribution in [0.3, 0.4) is 0 Å². The van der Waals surface area contributed by atoms with Gasteiger partial charge < -0.3 is 35.0 Å². The smallest absolute Gasteiger partial charge is 0.307 e. The van der Waals surface area contributed by atoms with Crippen LogP contribution >= 0.6 is 0 Å². The van der Waals surface area contributed by atoms with Crippen LogP contribution in [-0.2, 0) is 14.3 Å². The van der Waals surface area contributed by atoms with Gasteiger partial charge in [-0.2, -0.15) is 0 Å². The van der Waals surface area contributed by atoms with Crippen molar-refractivity contribution < 1.29 is 39.8 Å². The molecule has 0 spiro atoms. The predicted molar refractivity (Wildman–Crippen MR) is 51.3 cm³/mol. The Kier molecular flexibility index (Phi) is 4.42. The largest absolute Gasteiger partial charge is 0.433 e. The van der Waals surface area contributed by atoms with E-state index in [1.165, 1.54) is 6.92 Å². The number of aliphatic hydroxyl groups is 5. The van der Waals surface area contributed by atoms with Crippen LogP contribution in [0.5, 0.6) is 0 Å². The Morgan fingerprint density at radius 1 is 1.35 bits per heavy atom. The Morgan fingerprint density at radius 3 is 2.41 bits per heavy atom. The van der Waals surface area contributed by atoms with Gasteiger partial charge in [0.05, 0.1) is 6.61 Å². The molecule has 8 nitrogen and oxygen atoms in total. The van der Waals surface area contributed by atoms with Gasteiger partial charge in [0.2, 0.25) is 12.1 Å². The Bertz CT molecular complexity index is 282. The lowest BCUT2D eigenvalue weighted by Crippen LogP contribution is -2.66. The molecule has 1 heterocycles. The molecule has 1 unspecified atom stereocenters. The number of esters is 1. The first kappa shape index (κ1) is 14.3. The van der Waals surface area contributed by atoms with Gasteiger partial charge in [-0.3, -0.25) is 4.79 Å². The molecular weight excluding hydrogens is 236 g/mol. The highest BCUT2D eigenvalue weighted by Gasteiger charge is 2.53. The standard InChI is InChI=1S/C9H16O8/c1-2-4(11)16-8-6(13)5(12)7(14)9(15,3-10)17-8/h5-8,10,12-15H,2-3H2,1H3/t5-,6+,7+,8?,9+/m1/s1. The van der Waals surface area contributed by atoms with Crippen LogP contribution in [0.15, 0.2) is 0 Å². The highest BCUT2D eigenvalue weighted by molar-refractivity contribution is 5.69. The molecule has 5 N–H and O–H groups in total. The number of aliphatic hydroxyl groups excluding tert-OH is 4. The van der Waals surface area contributed by atoms with Crippen molar-refractivity contribution in [2.75, 3.05) is 6.61 Å². The molecule has 17 heavy (non-hydrogen) atoms. The van der Waals surface area contributed by atoms with Crippen LogP contribution in [0.1, 0.15) is 13.3 Å². The van der Waals surface area contributed by atoms with E-state index in [4.69, 9.17) is 9.84 Å². The first-order valence-electron chi connectivity index (χ1n) is 5.10. The molecular formula is C9H16O8. The van der Waals surface area contributed by atoms with Crippen molar-refractivity contribution in [2.45, 2.75) is 43.7 Å². The number of rotatable bonds is 3. The van der Waals surface area contributed by atoms with E-state index >= 15 is 0 Å². The maximum Gasteiger partial charge on any atom is 0.307 e. The summed E-state index contributed by atoms with van der Waals surface area (Å²) in [5, 5.41) is 46.8. The van der Waals surface area contributed by atoms with Crippen LogP contribution in [-0.4, -0.2) is 68.5 Å². The summed E-state index contributed by atoms with van der Waals surface area (Å²) in [6, 6.07) is 0. The molecule has 0 saturated carbocycles. The van der Waals surface area contributed by atoms with Gasteiger partial charge in [0.1, 0.15) is 18.3 Å². The van der Waals surface area contributed by atoms with E-state index < -0.39 is 43.0 Å². The number of ether oxygens (including phenoxy) is 2. The van der Waals surface area contributed by atoms with E-state index in [0.29, 0.717) is 0 Å². The Hall–Kier alpha value is -0.770. The Morgan fingerprint density at radius 2 is 1.94 bits per heavy atom. The van der Waals surface area contributed by atoms with Gasteiger partial charge in [0.15, 0.2) is 0 Å². The molecule has 0 amide bonds. The van der Waals surface area contributed by atoms with E-state index in [9.17, 15) is 25.2 Å². The molecule has 0 aromatic heterocycles. The molecule has 0 aliphatic carbocycles. The molecule has 0 aromatic rings. The average Bonchev–Trinajstić information content (AvgIpc) is 2.33. The van der Waals surface area contributed by atoms with Crippen LogP contribution < -0.4 is 0 Å². The zero-order chi connectivity index (χ0) is 13.2. The Balaban J connectivity index is 2.82. The third-order valence-electron chi connectivity index (χ3n) is 2.50. The minimum atomic E-state index is -2.49. The summed E-state index contributed by atoms with van der Waals surface area (Å²) in [5.41, 5.74) is 0. The number of carbonyl (C=O) groups is 1. The SMILES string of the molecule is CCC(=O)OC1O[C@@](O)(CO)[C@@H](O)[C@H](O)[C@@H]1O. The van der Waals surface area contributed by atoms with Crippen LogP contribution in [0, 0.1) is 0 Å². The molecule has 1 aliphatic heterocycles. The summed E-state index contributed by atoms with van der Waals surface area (Å²) in [5.74, 6) is -3.21. The fourth-order valence-corrected chi connectivity index (χ4v) is 1.39. The predicted octanol–water partition coefficient (Wildman–Crippen LogP) is -2.94. The molecule has 0 bridgehead atoms. The van der Waals surface area contributed by atoms with Gasteiger partial charge >= 0.3 is 5.97 Å². The van der Waals surface area contributed by atoms with Gasteiger partial charge in [-0.1, -0.05) is 6.92 Å². The van der Waals surface area contributed by atoms with Crippen molar-refractivity contribution in [1.29, 1.82) is 0 Å². The summed E-state index contributed by atoms with van der Waals surface area (Å²) in [6.45, 7) is 0.471. The first-order valence-corrected chi connectivity index (χ1v) is 5.10. The topological polar surface area (TPSA) is 137 Å². The molecule has 8 heteroatoms. The van der Waals surface area contributed by atoms with Crippen molar-refractivity contribution in [2.24, 2.45) is 0 Å². The second kappa shape index (κ2) is 5.25. The third kappa shape index (κ3) is 2.73. The van der Waals surface area contributed by atoms with Crippen molar-refractivity contribution in [1.82, 2.24) is 0 Å². The Labute approximate surface area is 97.0 Å². The zero-order valence-electron chi connectivity index (χ0n) is 9.18. The van der Waals surface area contributed by atoms with Gasteiger partial charge in [-0.25, -0.2) is 0 Å². The van der Waals surface area contributed by atoms with E-state index in [-0.39, 0.29) is 6.42 Å². The minimum absolute atomic E-state index is 0.00276. The van der Waals surface area contributed by atoms with Crippen LogP contribution in [0.4, 0.5) is 0 Å². The molecule has 100 valence electrons. The molecule has 1 fully saturated rings. The fourth-order valence-electron chi connectivity index (χ4n) is 1.39. The van der Waals surface area contributed by atoms with Crippen LogP contribution in [0.2, 0.25) is 0 Å². The summed E-state index contributed by atoms with van der Waals surface area (Å²) in [4.78, 5) is 11.0. The van der Waals surface area contributed by atoms with Crippen molar-refractivity contribution in [3.63, 3.8) is 0 Å². The molecule has 0 aromatic carbocycles. The van der Waals surface area contributed by atoms with Crippen LogP contribution in [0.25, 0.3) is 0 Å². The molecule has 1 rings (SSSR count). The molecule has 0 radical (unpaired) electrons. The summed E-state index contributed by atoms with van der Waals surface area (Å²) >= 11 is 0. The quantitative estimate of drug-likeness (QED) is 0.336. The van der Waals surface area contributed by atoms with E-state index in [1.807, 2.05) is 0 Å². The number of hydrogen-bond donors (Lipinski definition) is 5. The van der Waals surface area contributed by atoms with Gasteiger partial charge in [0, 0.05) is 6.42 Å². The van der Waals surface area contributed by atoms with Crippen molar-refractivity contribution in [3.8, 4) is 0 Å². The first-order chi connectivity index (χ1) is 7.85. The second-order valence-electron chi connectivity index (χ2n) is 3.76. The lowest BCUT2D eigenvalue weighted by Gasteiger charge is -2.43. The summed E-state index contributed by atoms with van der Waals surface area (Å²) < 4.78 is 9.31. The third-order valence-corrected chi connectivity index (χ3v) is 2.50. The van der Waals surface area contributed by atoms with E-state index in [1.54, 1.807) is 0 Å². The van der Waals surface area contributed by atoms with Gasteiger partial charge in [-0.15, -0.1) is 0 Å². The average molecular weight is 252 g/mol. The highest BCUT2D eigenvalue weighted by atomic mass is 16.8. The maximum absolute atomic E-state index is 11.0. The number of carbonyl (C=O) groups excluding carboxylic acids is 1. The molecule has 1 saturated heterocycles. The monoisotopic (exact) mass is 252 g/mol. The van der Waals surface area contributed by atoms with Crippen molar-refractivity contribution >= 4 is 5.97 Å². The zero-order valence-corrected chi connectivity index (χ0v) is 9.18. The second-order valence-corrected chi connectivity index (χ2v) is 3.76. The highest BCUT2D eigenvalue weighted by Crippen LogP contribution is 2.28. The fraction of sp³-hybridized carbons (Fsp3) is 0.889. The number of hydrogen-bond acceptors (Lipinski definition) is 8. The lowest BCUT2D eigenvalue weighted by atomic mass is 9.96. The summed E-state index contributed by atoms with van der Waals surface area (Å²) in [6.07, 6.45) is -7.09. The van der Waals surface area contributed by atoms with E-state index in [0.717, 1.165) is 0 Å². The minimum Gasteiger partial charge on any atom is -0.433 e. The van der Waals surface area contributed by atoms with Crippen molar-refractivity contribution in [3.05, 3.63) is 0 Å². The molecule has 1 aliphatic rings. The van der Waals surface area contributed by atoms with Gasteiger partial charge in [0.25, 0.3) is 0 Å². The summed E-state index contributed by atoms with van der Waals surface area (Å²) in [7, 11) is 0. The lowest BCUT2D eigenvalue weighted by molar-refractivity contribution is -0.390. The van der Waals surface area contributed by atoms with Gasteiger partial charge in [-0.05, 0) is 0 Å². The normalized spacial score (nSPS) is 42.2. The van der Waals surface area contributed by atoms with E-state index in [2.05, 4.69) is 4.74 Å². The molecule has 5 atom stereocenters.